The van der Waals surface area contributed by atoms with E-state index in [0.29, 0.717) is 11.5 Å². The first-order chi connectivity index (χ1) is 13.3. The van der Waals surface area contributed by atoms with E-state index < -0.39 is 30.1 Å². The number of imide groups is 1. The quantitative estimate of drug-likeness (QED) is 0.665. The molecule has 0 aliphatic carbocycles. The molecule has 0 saturated carbocycles. The molecular weight excluding hydrogens is 364 g/mol. The monoisotopic (exact) mass is 384 g/mol. The van der Waals surface area contributed by atoms with Gasteiger partial charge in [-0.1, -0.05) is 18.2 Å². The third-order valence-electron chi connectivity index (χ3n) is 4.42. The maximum Gasteiger partial charge on any atom is 0.414 e. The van der Waals surface area contributed by atoms with Crippen molar-refractivity contribution in [3.63, 3.8) is 0 Å². The SMILES string of the molecule is Cc1cc(Oc2ccc(CC3OC(=O)NC3=O)cc2)ccc1CC(N)C(=O)O. The van der Waals surface area contributed by atoms with Gasteiger partial charge in [0.05, 0.1) is 0 Å². The molecule has 28 heavy (non-hydrogen) atoms. The molecule has 0 aromatic heterocycles. The van der Waals surface area contributed by atoms with Crippen LogP contribution in [0.3, 0.4) is 0 Å². The van der Waals surface area contributed by atoms with E-state index in [1.165, 1.54) is 0 Å². The van der Waals surface area contributed by atoms with Gasteiger partial charge in [-0.15, -0.1) is 0 Å². The predicted molar refractivity (Wildman–Crippen MR) is 99.1 cm³/mol. The van der Waals surface area contributed by atoms with Crippen molar-refractivity contribution < 1.29 is 29.0 Å². The number of benzene rings is 2. The zero-order valence-electron chi connectivity index (χ0n) is 15.2. The van der Waals surface area contributed by atoms with Gasteiger partial charge in [0.15, 0.2) is 6.10 Å². The van der Waals surface area contributed by atoms with Crippen molar-refractivity contribution in [2.75, 3.05) is 0 Å². The molecule has 1 aliphatic rings. The number of aliphatic carboxylic acids is 1. The highest BCUT2D eigenvalue weighted by Crippen LogP contribution is 2.25. The number of amides is 2. The summed E-state index contributed by atoms with van der Waals surface area (Å²) in [5.41, 5.74) is 8.15. The third kappa shape index (κ3) is 4.66. The largest absolute Gasteiger partial charge is 0.480 e. The average Bonchev–Trinajstić information content (AvgIpc) is 2.96. The van der Waals surface area contributed by atoms with E-state index in [1.54, 1.807) is 36.4 Å². The molecular formula is C20H20N2O6. The highest BCUT2D eigenvalue weighted by atomic mass is 16.6. The summed E-state index contributed by atoms with van der Waals surface area (Å²) in [5, 5.41) is 11.0. The van der Waals surface area contributed by atoms with Gasteiger partial charge in [0.1, 0.15) is 17.5 Å². The zero-order chi connectivity index (χ0) is 20.3. The van der Waals surface area contributed by atoms with Crippen LogP contribution in [-0.4, -0.2) is 35.2 Å². The number of cyclic esters (lactones) is 1. The first kappa shape index (κ1) is 19.4. The van der Waals surface area contributed by atoms with Crippen LogP contribution in [0.25, 0.3) is 0 Å². The highest BCUT2D eigenvalue weighted by molar-refractivity contribution is 6.00. The molecule has 3 rings (SSSR count). The van der Waals surface area contributed by atoms with Crippen molar-refractivity contribution in [2.45, 2.75) is 31.9 Å². The lowest BCUT2D eigenvalue weighted by Gasteiger charge is -2.12. The molecule has 8 heteroatoms. The second-order valence-electron chi connectivity index (χ2n) is 6.57. The molecule has 2 aromatic rings. The van der Waals surface area contributed by atoms with Crippen LogP contribution < -0.4 is 15.8 Å². The molecule has 2 aromatic carbocycles. The fourth-order valence-electron chi connectivity index (χ4n) is 2.86. The number of ether oxygens (including phenoxy) is 2. The molecule has 2 atom stereocenters. The van der Waals surface area contributed by atoms with E-state index in [-0.39, 0.29) is 12.8 Å². The Labute approximate surface area is 161 Å². The minimum absolute atomic E-state index is 0.245. The third-order valence-corrected chi connectivity index (χ3v) is 4.42. The number of carbonyl (C=O) groups is 3. The summed E-state index contributed by atoms with van der Waals surface area (Å²) in [4.78, 5) is 33.5. The van der Waals surface area contributed by atoms with Gasteiger partial charge in [0.25, 0.3) is 5.91 Å². The fraction of sp³-hybridized carbons (Fsp3) is 0.250. The molecule has 1 saturated heterocycles. The van der Waals surface area contributed by atoms with Crippen LogP contribution in [0.15, 0.2) is 42.5 Å². The minimum atomic E-state index is -1.04. The lowest BCUT2D eigenvalue weighted by molar-refractivity contribution is -0.138. The number of carbonyl (C=O) groups excluding carboxylic acids is 2. The van der Waals surface area contributed by atoms with Crippen molar-refractivity contribution in [2.24, 2.45) is 5.73 Å². The maximum atomic E-state index is 11.5. The number of carboxylic acids is 1. The van der Waals surface area contributed by atoms with E-state index >= 15 is 0 Å². The molecule has 146 valence electrons. The van der Waals surface area contributed by atoms with Gasteiger partial charge >= 0.3 is 12.1 Å². The van der Waals surface area contributed by atoms with Gasteiger partial charge in [0.2, 0.25) is 0 Å². The van der Waals surface area contributed by atoms with Crippen LogP contribution in [0.2, 0.25) is 0 Å². The Morgan fingerprint density at radius 3 is 2.46 bits per heavy atom. The van der Waals surface area contributed by atoms with Crippen LogP contribution in [0.1, 0.15) is 16.7 Å². The van der Waals surface area contributed by atoms with E-state index in [0.717, 1.165) is 16.7 Å². The fourth-order valence-corrected chi connectivity index (χ4v) is 2.86. The Kier molecular flexibility index (Phi) is 5.60. The summed E-state index contributed by atoms with van der Waals surface area (Å²) in [7, 11) is 0. The summed E-state index contributed by atoms with van der Waals surface area (Å²) in [6, 6.07) is 11.5. The second kappa shape index (κ2) is 8.10. The summed E-state index contributed by atoms with van der Waals surface area (Å²) >= 11 is 0. The van der Waals surface area contributed by atoms with Gasteiger partial charge < -0.3 is 20.3 Å². The highest BCUT2D eigenvalue weighted by Gasteiger charge is 2.32. The van der Waals surface area contributed by atoms with Gasteiger partial charge in [0, 0.05) is 6.42 Å². The molecule has 0 bridgehead atoms. The average molecular weight is 384 g/mol. The Hall–Kier alpha value is -3.39. The Balaban J connectivity index is 1.62. The number of aryl methyl sites for hydroxylation is 1. The normalized spacial score (nSPS) is 17.0. The summed E-state index contributed by atoms with van der Waals surface area (Å²) in [6.07, 6.45) is -1.00. The molecule has 2 unspecified atom stereocenters. The van der Waals surface area contributed by atoms with Gasteiger partial charge in [-0.3, -0.25) is 14.9 Å². The van der Waals surface area contributed by atoms with E-state index in [4.69, 9.17) is 20.3 Å². The molecule has 1 aliphatic heterocycles. The van der Waals surface area contributed by atoms with E-state index in [9.17, 15) is 14.4 Å². The maximum absolute atomic E-state index is 11.5. The molecule has 1 fully saturated rings. The number of nitrogens with two attached hydrogens (primary N) is 1. The topological polar surface area (TPSA) is 128 Å². The summed E-state index contributed by atoms with van der Waals surface area (Å²) < 4.78 is 10.7. The van der Waals surface area contributed by atoms with Crippen LogP contribution in [0, 0.1) is 6.92 Å². The summed E-state index contributed by atoms with van der Waals surface area (Å²) in [5.74, 6) is -0.263. The minimum Gasteiger partial charge on any atom is -0.480 e. The zero-order valence-corrected chi connectivity index (χ0v) is 15.2. The van der Waals surface area contributed by atoms with Crippen LogP contribution in [0.5, 0.6) is 11.5 Å². The Morgan fingerprint density at radius 1 is 1.21 bits per heavy atom. The number of alkyl carbamates (subject to hydrolysis) is 1. The molecule has 2 amide bonds. The smallest absolute Gasteiger partial charge is 0.414 e. The number of hydrogen-bond donors (Lipinski definition) is 3. The summed E-state index contributed by atoms with van der Waals surface area (Å²) in [6.45, 7) is 1.87. The Morgan fingerprint density at radius 2 is 1.89 bits per heavy atom. The number of nitrogens with one attached hydrogen (secondary N) is 1. The van der Waals surface area contributed by atoms with Gasteiger partial charge in [-0.25, -0.2) is 4.79 Å². The standard InChI is InChI=1S/C20H20N2O6/c1-11-8-15(7-4-13(11)10-16(21)19(24)25)27-14-5-2-12(3-6-14)9-17-18(23)22-20(26)28-17/h2-8,16-17H,9-10,21H2,1H3,(H,24,25)(H,22,23,26). The Bertz CT molecular complexity index is 909. The van der Waals surface area contributed by atoms with Gasteiger partial charge in [-0.05, 0) is 54.3 Å². The molecule has 1 heterocycles. The molecule has 0 radical (unpaired) electrons. The van der Waals surface area contributed by atoms with Crippen LogP contribution in [-0.2, 0) is 27.2 Å². The second-order valence-corrected chi connectivity index (χ2v) is 6.57. The van der Waals surface area contributed by atoms with Crippen molar-refractivity contribution in [1.82, 2.24) is 5.32 Å². The molecule has 0 spiro atoms. The van der Waals surface area contributed by atoms with Crippen molar-refractivity contribution >= 4 is 18.0 Å². The van der Waals surface area contributed by atoms with Crippen molar-refractivity contribution in [3.05, 3.63) is 59.2 Å². The van der Waals surface area contributed by atoms with E-state index in [2.05, 4.69) is 5.32 Å². The molecule has 8 nitrogen and oxygen atoms in total. The lowest BCUT2D eigenvalue weighted by Crippen LogP contribution is -2.32. The van der Waals surface area contributed by atoms with Crippen molar-refractivity contribution in [1.29, 1.82) is 0 Å². The number of hydrogen-bond acceptors (Lipinski definition) is 6. The van der Waals surface area contributed by atoms with Gasteiger partial charge in [-0.2, -0.15) is 0 Å². The predicted octanol–water partition coefficient (Wildman–Crippen LogP) is 1.92. The van der Waals surface area contributed by atoms with Crippen LogP contribution >= 0.6 is 0 Å². The first-order valence-electron chi connectivity index (χ1n) is 8.68. The molecule has 4 N–H and O–H groups in total. The lowest BCUT2D eigenvalue weighted by atomic mass is 10.0. The first-order valence-corrected chi connectivity index (χ1v) is 8.68. The van der Waals surface area contributed by atoms with E-state index in [1.807, 2.05) is 13.0 Å². The van der Waals surface area contributed by atoms with Crippen molar-refractivity contribution in [3.8, 4) is 11.5 Å². The number of rotatable bonds is 7. The number of carboxylic acid groups (broad SMARTS) is 1. The van der Waals surface area contributed by atoms with Crippen LogP contribution in [0.4, 0.5) is 4.79 Å².